The zero-order valence-electron chi connectivity index (χ0n) is 19.0. The fraction of sp³-hybridized carbons (Fsp3) is 0.185. The lowest BCUT2D eigenvalue weighted by Crippen LogP contribution is -2.14. The molecule has 5 nitrogen and oxygen atoms in total. The second kappa shape index (κ2) is 10.7. The quantitative estimate of drug-likeness (QED) is 0.327. The van der Waals surface area contributed by atoms with Crippen molar-refractivity contribution < 1.29 is 14.3 Å². The second-order valence-corrected chi connectivity index (χ2v) is 8.16. The Morgan fingerprint density at radius 3 is 2.39 bits per heavy atom. The van der Waals surface area contributed by atoms with Gasteiger partial charge in [-0.05, 0) is 61.7 Å². The molecular formula is C27H25ClN2O3. The molecular weight excluding hydrogens is 436 g/mol. The number of halogens is 1. The molecule has 0 saturated heterocycles. The molecule has 0 fully saturated rings. The zero-order chi connectivity index (χ0) is 24.0. The summed E-state index contributed by atoms with van der Waals surface area (Å²) in [6, 6.07) is 19.0. The van der Waals surface area contributed by atoms with Crippen LogP contribution in [0.4, 0.5) is 5.69 Å². The monoisotopic (exact) mass is 460 g/mol. The highest BCUT2D eigenvalue weighted by molar-refractivity contribution is 6.32. The lowest BCUT2D eigenvalue weighted by Gasteiger charge is -2.14. The van der Waals surface area contributed by atoms with Crippen LogP contribution in [0.15, 0.2) is 60.2 Å². The Morgan fingerprint density at radius 1 is 1.06 bits per heavy atom. The molecule has 168 valence electrons. The van der Waals surface area contributed by atoms with Crippen LogP contribution in [0.3, 0.4) is 0 Å². The van der Waals surface area contributed by atoms with E-state index in [9.17, 15) is 10.1 Å². The van der Waals surface area contributed by atoms with Crippen LogP contribution in [0.1, 0.15) is 27.8 Å². The summed E-state index contributed by atoms with van der Waals surface area (Å²) in [4.78, 5) is 12.7. The second-order valence-electron chi connectivity index (χ2n) is 7.75. The van der Waals surface area contributed by atoms with E-state index in [0.717, 1.165) is 16.7 Å². The summed E-state index contributed by atoms with van der Waals surface area (Å²) < 4.78 is 11.3. The van der Waals surface area contributed by atoms with E-state index in [1.54, 1.807) is 12.1 Å². The molecule has 0 bridgehead atoms. The van der Waals surface area contributed by atoms with E-state index in [1.165, 1.54) is 18.7 Å². The van der Waals surface area contributed by atoms with Gasteiger partial charge < -0.3 is 14.8 Å². The SMILES string of the molecule is COc1cc(/C=C(\C#N)C(=O)Nc2ccc(C)cc2C)cc(Cl)c1OCc1ccc(C)cc1. The molecule has 0 heterocycles. The van der Waals surface area contributed by atoms with Crippen LogP contribution < -0.4 is 14.8 Å². The van der Waals surface area contributed by atoms with Crippen LogP contribution in [0.5, 0.6) is 11.5 Å². The van der Waals surface area contributed by atoms with Crippen molar-refractivity contribution in [1.82, 2.24) is 0 Å². The van der Waals surface area contributed by atoms with Crippen LogP contribution >= 0.6 is 11.6 Å². The van der Waals surface area contributed by atoms with Gasteiger partial charge in [0, 0.05) is 5.69 Å². The number of carbonyl (C=O) groups is 1. The smallest absolute Gasteiger partial charge is 0.266 e. The molecule has 1 amide bonds. The summed E-state index contributed by atoms with van der Waals surface area (Å²) in [6.07, 6.45) is 1.47. The Balaban J connectivity index is 1.82. The fourth-order valence-electron chi connectivity index (χ4n) is 3.26. The molecule has 0 spiro atoms. The largest absolute Gasteiger partial charge is 0.493 e. The van der Waals surface area contributed by atoms with Crippen LogP contribution in [-0.2, 0) is 11.4 Å². The number of hydrogen-bond donors (Lipinski definition) is 1. The third kappa shape index (κ3) is 6.15. The number of benzene rings is 3. The number of ether oxygens (including phenoxy) is 2. The van der Waals surface area contributed by atoms with Gasteiger partial charge in [0.2, 0.25) is 0 Å². The van der Waals surface area contributed by atoms with Gasteiger partial charge in [-0.15, -0.1) is 0 Å². The molecule has 3 aromatic rings. The predicted octanol–water partition coefficient (Wildman–Crippen LogP) is 6.40. The van der Waals surface area contributed by atoms with Crippen molar-refractivity contribution in [3.05, 3.63) is 93.0 Å². The molecule has 3 aromatic carbocycles. The highest BCUT2D eigenvalue weighted by atomic mass is 35.5. The van der Waals surface area contributed by atoms with Crippen LogP contribution in [-0.4, -0.2) is 13.0 Å². The van der Waals surface area contributed by atoms with E-state index < -0.39 is 5.91 Å². The van der Waals surface area contributed by atoms with Gasteiger partial charge in [0.05, 0.1) is 12.1 Å². The van der Waals surface area contributed by atoms with E-state index in [2.05, 4.69) is 5.32 Å². The molecule has 6 heteroatoms. The van der Waals surface area contributed by atoms with Gasteiger partial charge >= 0.3 is 0 Å². The molecule has 0 unspecified atom stereocenters. The third-order valence-corrected chi connectivity index (χ3v) is 5.34. The van der Waals surface area contributed by atoms with Gasteiger partial charge in [-0.1, -0.05) is 59.1 Å². The van der Waals surface area contributed by atoms with Gasteiger partial charge in [-0.2, -0.15) is 5.26 Å². The molecule has 0 aromatic heterocycles. The lowest BCUT2D eigenvalue weighted by molar-refractivity contribution is -0.112. The number of nitrogens with zero attached hydrogens (tertiary/aromatic N) is 1. The van der Waals surface area contributed by atoms with Gasteiger partial charge in [-0.25, -0.2) is 0 Å². The van der Waals surface area contributed by atoms with Gasteiger partial charge in [-0.3, -0.25) is 4.79 Å². The average Bonchev–Trinajstić information content (AvgIpc) is 2.79. The minimum atomic E-state index is -0.501. The first-order chi connectivity index (χ1) is 15.8. The van der Waals surface area contributed by atoms with Gasteiger partial charge in [0.1, 0.15) is 18.2 Å². The molecule has 0 aliphatic rings. The molecule has 0 aliphatic carbocycles. The maximum atomic E-state index is 12.7. The van der Waals surface area contributed by atoms with Gasteiger partial charge in [0.15, 0.2) is 11.5 Å². The first-order valence-corrected chi connectivity index (χ1v) is 10.7. The summed E-state index contributed by atoms with van der Waals surface area (Å²) in [6.45, 7) is 6.23. The van der Waals surface area contributed by atoms with Crippen molar-refractivity contribution in [2.24, 2.45) is 0 Å². The fourth-order valence-corrected chi connectivity index (χ4v) is 3.54. The van der Waals surface area contributed by atoms with Crippen LogP contribution in [0, 0.1) is 32.1 Å². The Labute approximate surface area is 199 Å². The van der Waals surface area contributed by atoms with Crippen molar-refractivity contribution in [3.63, 3.8) is 0 Å². The van der Waals surface area contributed by atoms with E-state index in [-0.39, 0.29) is 5.57 Å². The molecule has 0 saturated carbocycles. The summed E-state index contributed by atoms with van der Waals surface area (Å²) >= 11 is 6.46. The topological polar surface area (TPSA) is 71.3 Å². The summed E-state index contributed by atoms with van der Waals surface area (Å²) in [5.74, 6) is 0.308. The Morgan fingerprint density at radius 2 is 1.76 bits per heavy atom. The molecule has 0 aliphatic heterocycles. The van der Waals surface area contributed by atoms with E-state index >= 15 is 0 Å². The Kier molecular flexibility index (Phi) is 7.76. The number of hydrogen-bond acceptors (Lipinski definition) is 4. The number of amides is 1. The number of methoxy groups -OCH3 is 1. The summed E-state index contributed by atoms with van der Waals surface area (Å²) in [7, 11) is 1.51. The maximum absolute atomic E-state index is 12.7. The van der Waals surface area contributed by atoms with Crippen molar-refractivity contribution >= 4 is 29.3 Å². The number of aryl methyl sites for hydroxylation is 3. The Hall–Kier alpha value is -3.75. The van der Waals surface area contributed by atoms with Crippen LogP contribution in [0.2, 0.25) is 5.02 Å². The van der Waals surface area contributed by atoms with Crippen molar-refractivity contribution in [2.45, 2.75) is 27.4 Å². The molecule has 33 heavy (non-hydrogen) atoms. The predicted molar refractivity (Wildman–Crippen MR) is 132 cm³/mol. The first-order valence-electron chi connectivity index (χ1n) is 10.4. The van der Waals surface area contributed by atoms with Crippen LogP contribution in [0.25, 0.3) is 6.08 Å². The molecule has 0 atom stereocenters. The number of rotatable bonds is 7. The Bertz CT molecular complexity index is 1240. The highest BCUT2D eigenvalue weighted by Gasteiger charge is 2.15. The number of anilines is 1. The molecule has 0 radical (unpaired) electrons. The normalized spacial score (nSPS) is 11.0. The molecule has 1 N–H and O–H groups in total. The third-order valence-electron chi connectivity index (χ3n) is 5.06. The van der Waals surface area contributed by atoms with Gasteiger partial charge in [0.25, 0.3) is 5.91 Å². The average molecular weight is 461 g/mol. The zero-order valence-corrected chi connectivity index (χ0v) is 19.8. The standard InChI is InChI=1S/C27H25ClN2O3/c1-17-5-8-20(9-6-17)16-33-26-23(28)13-21(14-25(26)32-4)12-22(15-29)27(31)30-24-10-7-18(2)11-19(24)3/h5-14H,16H2,1-4H3,(H,30,31)/b22-12+. The maximum Gasteiger partial charge on any atom is 0.266 e. The van der Waals surface area contributed by atoms with Crippen molar-refractivity contribution in [2.75, 3.05) is 12.4 Å². The van der Waals surface area contributed by atoms with Crippen molar-refractivity contribution in [3.8, 4) is 17.6 Å². The number of carbonyl (C=O) groups excluding carboxylic acids is 1. The van der Waals surface area contributed by atoms with E-state index in [0.29, 0.717) is 34.4 Å². The van der Waals surface area contributed by atoms with Crippen molar-refractivity contribution in [1.29, 1.82) is 5.26 Å². The minimum absolute atomic E-state index is 0.0542. The number of nitrogens with one attached hydrogen (secondary N) is 1. The molecule has 3 rings (SSSR count). The summed E-state index contributed by atoms with van der Waals surface area (Å²) in [5, 5.41) is 12.7. The first kappa shape index (κ1) is 23.9. The minimum Gasteiger partial charge on any atom is -0.493 e. The number of nitriles is 1. The lowest BCUT2D eigenvalue weighted by atomic mass is 10.1. The summed E-state index contributed by atoms with van der Waals surface area (Å²) in [5.41, 5.74) is 5.32. The van der Waals surface area contributed by atoms with E-state index in [1.807, 2.05) is 69.3 Å². The van der Waals surface area contributed by atoms with E-state index in [4.69, 9.17) is 21.1 Å². The highest BCUT2D eigenvalue weighted by Crippen LogP contribution is 2.37.